The molecule has 0 spiro atoms. The fourth-order valence-electron chi connectivity index (χ4n) is 3.81. The first-order chi connectivity index (χ1) is 12.3. The lowest BCUT2D eigenvalue weighted by Gasteiger charge is -2.37. The molecule has 4 heterocycles. The van der Waals surface area contributed by atoms with E-state index in [0.717, 1.165) is 63.1 Å². The van der Waals surface area contributed by atoms with Crippen molar-refractivity contribution in [3.8, 4) is 0 Å². The van der Waals surface area contributed by atoms with E-state index in [4.69, 9.17) is 4.74 Å². The number of aromatic nitrogens is 3. The third kappa shape index (κ3) is 3.96. The minimum atomic E-state index is 0.285. The number of pyridine rings is 1. The van der Waals surface area contributed by atoms with Crippen LogP contribution < -0.4 is 4.90 Å². The Morgan fingerprint density at radius 1 is 1.12 bits per heavy atom. The second-order valence-electron chi connectivity index (χ2n) is 6.96. The zero-order valence-corrected chi connectivity index (χ0v) is 14.7. The lowest BCUT2D eigenvalue weighted by molar-refractivity contribution is -0.0242. The minimum absolute atomic E-state index is 0.285. The molecular weight excluding hydrogens is 314 g/mol. The molecule has 2 aliphatic rings. The number of piperidine rings is 1. The Hall–Kier alpha value is -2.05. The predicted molar refractivity (Wildman–Crippen MR) is 96.3 cm³/mol. The summed E-state index contributed by atoms with van der Waals surface area (Å²) in [6, 6.07) is 8.11. The summed E-state index contributed by atoms with van der Waals surface area (Å²) in [4.78, 5) is 18.2. The summed E-state index contributed by atoms with van der Waals surface area (Å²) >= 11 is 0. The molecule has 2 saturated heterocycles. The molecule has 0 aromatic carbocycles. The molecule has 25 heavy (non-hydrogen) atoms. The Labute approximate surface area is 148 Å². The maximum Gasteiger partial charge on any atom is 0.225 e. The van der Waals surface area contributed by atoms with Crippen molar-refractivity contribution in [1.82, 2.24) is 19.9 Å². The number of anilines is 1. The lowest BCUT2D eigenvalue weighted by atomic mass is 9.93. The van der Waals surface area contributed by atoms with Crippen LogP contribution in [0.25, 0.3) is 0 Å². The molecule has 2 aliphatic heterocycles. The molecule has 132 valence electrons. The van der Waals surface area contributed by atoms with Crippen LogP contribution in [0.1, 0.15) is 17.8 Å². The van der Waals surface area contributed by atoms with Gasteiger partial charge in [0, 0.05) is 50.2 Å². The fourth-order valence-corrected chi connectivity index (χ4v) is 3.81. The molecule has 4 rings (SSSR count). The maximum atomic E-state index is 6.19. The van der Waals surface area contributed by atoms with Gasteiger partial charge in [0.05, 0.1) is 18.4 Å². The zero-order chi connectivity index (χ0) is 17.1. The summed E-state index contributed by atoms with van der Waals surface area (Å²) in [5, 5.41) is 0. The number of aryl methyl sites for hydroxylation is 1. The van der Waals surface area contributed by atoms with Crippen molar-refractivity contribution in [1.29, 1.82) is 0 Å². The number of ether oxygens (including phenoxy) is 1. The van der Waals surface area contributed by atoms with Gasteiger partial charge in [-0.05, 0) is 38.1 Å². The summed E-state index contributed by atoms with van der Waals surface area (Å²) in [7, 11) is 0. The van der Waals surface area contributed by atoms with Gasteiger partial charge in [-0.15, -0.1) is 0 Å². The summed E-state index contributed by atoms with van der Waals surface area (Å²) in [6.45, 7) is 7.58. The van der Waals surface area contributed by atoms with Crippen LogP contribution in [0.4, 0.5) is 5.95 Å². The highest BCUT2D eigenvalue weighted by atomic mass is 16.5. The van der Waals surface area contributed by atoms with E-state index >= 15 is 0 Å². The van der Waals surface area contributed by atoms with Gasteiger partial charge in [-0.25, -0.2) is 9.97 Å². The third-order valence-corrected chi connectivity index (χ3v) is 5.09. The summed E-state index contributed by atoms with van der Waals surface area (Å²) in [5.41, 5.74) is 2.22. The number of likely N-dealkylation sites (tertiary alicyclic amines) is 1. The summed E-state index contributed by atoms with van der Waals surface area (Å²) < 4.78 is 6.19. The van der Waals surface area contributed by atoms with E-state index in [9.17, 15) is 0 Å². The molecule has 2 atom stereocenters. The van der Waals surface area contributed by atoms with E-state index in [1.807, 2.05) is 31.5 Å². The quantitative estimate of drug-likeness (QED) is 0.851. The molecule has 6 heteroatoms. The standard InChI is InChI=1S/C19H25N5O/c1-15-4-2-5-17(22-15)13-23-9-6-16-12-24(10-11-25-18(16)14-23)19-20-7-3-8-21-19/h2-5,7-8,16,18H,6,9-14H2,1H3. The largest absolute Gasteiger partial charge is 0.375 e. The number of fused-ring (bicyclic) bond motifs is 1. The average Bonchev–Trinajstić information content (AvgIpc) is 2.84. The minimum Gasteiger partial charge on any atom is -0.375 e. The highest BCUT2D eigenvalue weighted by Gasteiger charge is 2.34. The predicted octanol–water partition coefficient (Wildman–Crippen LogP) is 1.91. The first-order valence-electron chi connectivity index (χ1n) is 9.06. The van der Waals surface area contributed by atoms with Crippen LogP contribution in [0.3, 0.4) is 0 Å². The number of hydrogen-bond acceptors (Lipinski definition) is 6. The molecule has 2 aromatic rings. The van der Waals surface area contributed by atoms with Crippen molar-refractivity contribution < 1.29 is 4.74 Å². The molecule has 0 N–H and O–H groups in total. The van der Waals surface area contributed by atoms with Crippen LogP contribution in [0.2, 0.25) is 0 Å². The molecule has 0 radical (unpaired) electrons. The highest BCUT2D eigenvalue weighted by Crippen LogP contribution is 2.26. The molecule has 0 bridgehead atoms. The van der Waals surface area contributed by atoms with Crippen LogP contribution in [-0.4, -0.2) is 58.7 Å². The van der Waals surface area contributed by atoms with Crippen molar-refractivity contribution in [3.63, 3.8) is 0 Å². The van der Waals surface area contributed by atoms with E-state index in [-0.39, 0.29) is 6.10 Å². The van der Waals surface area contributed by atoms with E-state index in [1.54, 1.807) is 0 Å². The normalized spacial score (nSPS) is 24.6. The van der Waals surface area contributed by atoms with Gasteiger partial charge in [0.15, 0.2) is 0 Å². The van der Waals surface area contributed by atoms with Gasteiger partial charge in [-0.3, -0.25) is 9.88 Å². The van der Waals surface area contributed by atoms with Crippen LogP contribution in [0.15, 0.2) is 36.7 Å². The van der Waals surface area contributed by atoms with E-state index in [2.05, 4.69) is 36.9 Å². The van der Waals surface area contributed by atoms with Crippen LogP contribution in [-0.2, 0) is 11.3 Å². The fraction of sp³-hybridized carbons (Fsp3) is 0.526. The van der Waals surface area contributed by atoms with Gasteiger partial charge < -0.3 is 9.64 Å². The van der Waals surface area contributed by atoms with Gasteiger partial charge in [0.25, 0.3) is 0 Å². The van der Waals surface area contributed by atoms with Crippen LogP contribution in [0, 0.1) is 12.8 Å². The monoisotopic (exact) mass is 339 g/mol. The molecule has 2 unspecified atom stereocenters. The van der Waals surface area contributed by atoms with Crippen molar-refractivity contribution in [2.45, 2.75) is 26.0 Å². The number of rotatable bonds is 3. The molecule has 6 nitrogen and oxygen atoms in total. The van der Waals surface area contributed by atoms with Gasteiger partial charge in [-0.2, -0.15) is 0 Å². The second-order valence-corrected chi connectivity index (χ2v) is 6.96. The molecule has 2 aromatic heterocycles. The molecule has 0 amide bonds. The van der Waals surface area contributed by atoms with Gasteiger partial charge >= 0.3 is 0 Å². The van der Waals surface area contributed by atoms with E-state index < -0.39 is 0 Å². The molecule has 0 saturated carbocycles. The molecule has 0 aliphatic carbocycles. The van der Waals surface area contributed by atoms with E-state index in [1.165, 1.54) is 0 Å². The maximum absolute atomic E-state index is 6.19. The first-order valence-corrected chi connectivity index (χ1v) is 9.06. The summed E-state index contributed by atoms with van der Waals surface area (Å²) in [6.07, 6.45) is 5.04. The Morgan fingerprint density at radius 2 is 2.00 bits per heavy atom. The van der Waals surface area contributed by atoms with E-state index in [0.29, 0.717) is 5.92 Å². The molecule has 2 fully saturated rings. The Bertz CT molecular complexity index is 695. The van der Waals surface area contributed by atoms with Crippen LogP contribution in [0.5, 0.6) is 0 Å². The van der Waals surface area contributed by atoms with Gasteiger partial charge in [-0.1, -0.05) is 6.07 Å². The smallest absolute Gasteiger partial charge is 0.225 e. The number of nitrogens with zero attached hydrogens (tertiary/aromatic N) is 5. The van der Waals surface area contributed by atoms with Crippen molar-refractivity contribution in [2.24, 2.45) is 5.92 Å². The van der Waals surface area contributed by atoms with Crippen molar-refractivity contribution >= 4 is 5.95 Å². The lowest BCUT2D eigenvalue weighted by Crippen LogP contribution is -2.46. The van der Waals surface area contributed by atoms with Crippen molar-refractivity contribution in [3.05, 3.63) is 48.0 Å². The second kappa shape index (κ2) is 7.45. The van der Waals surface area contributed by atoms with Gasteiger partial charge in [0.1, 0.15) is 0 Å². The Balaban J connectivity index is 1.39. The Kier molecular flexibility index (Phi) is 4.90. The Morgan fingerprint density at radius 3 is 2.84 bits per heavy atom. The SMILES string of the molecule is Cc1cccc(CN2CCC3CN(c4ncccn4)CCOC3C2)n1. The third-order valence-electron chi connectivity index (χ3n) is 5.09. The molecular formula is C19H25N5O. The average molecular weight is 339 g/mol. The highest BCUT2D eigenvalue weighted by molar-refractivity contribution is 5.29. The summed E-state index contributed by atoms with van der Waals surface area (Å²) in [5.74, 6) is 1.35. The topological polar surface area (TPSA) is 54.4 Å². The number of hydrogen-bond donors (Lipinski definition) is 0. The zero-order valence-electron chi connectivity index (χ0n) is 14.7. The first kappa shape index (κ1) is 16.4. The van der Waals surface area contributed by atoms with Crippen LogP contribution >= 0.6 is 0 Å². The van der Waals surface area contributed by atoms with Gasteiger partial charge in [0.2, 0.25) is 5.95 Å². The van der Waals surface area contributed by atoms with Crippen molar-refractivity contribution in [2.75, 3.05) is 37.7 Å².